The van der Waals surface area contributed by atoms with Crippen molar-refractivity contribution in [3.63, 3.8) is 0 Å². The van der Waals surface area contributed by atoms with Crippen LogP contribution in [0.15, 0.2) is 30.3 Å². The molecule has 150 valence electrons. The van der Waals surface area contributed by atoms with Crippen LogP contribution < -0.4 is 10.2 Å². The minimum Gasteiger partial charge on any atom is -0.450 e. The molecule has 1 aliphatic rings. The molecule has 0 bridgehead atoms. The monoisotopic (exact) mass is 383 g/mol. The van der Waals surface area contributed by atoms with E-state index in [0.717, 1.165) is 36.2 Å². The molecule has 2 aromatic rings. The molecule has 1 saturated heterocycles. The number of nitrogens with zero attached hydrogens (tertiary/aromatic N) is 4. The first-order valence-electron chi connectivity index (χ1n) is 9.86. The van der Waals surface area contributed by atoms with Gasteiger partial charge in [0.15, 0.2) is 0 Å². The molecule has 0 radical (unpaired) electrons. The smallest absolute Gasteiger partial charge is 0.409 e. The van der Waals surface area contributed by atoms with Gasteiger partial charge in [-0.2, -0.15) is 0 Å². The van der Waals surface area contributed by atoms with E-state index in [2.05, 4.69) is 52.2 Å². The van der Waals surface area contributed by atoms with Crippen molar-refractivity contribution in [3.05, 3.63) is 41.7 Å². The van der Waals surface area contributed by atoms with Crippen LogP contribution >= 0.6 is 0 Å². The Hall–Kier alpha value is -2.83. The lowest BCUT2D eigenvalue weighted by Gasteiger charge is -2.34. The molecular weight excluding hydrogens is 354 g/mol. The fraction of sp³-hybridized carbons (Fsp3) is 0.476. The summed E-state index contributed by atoms with van der Waals surface area (Å²) in [5.74, 6) is 2.79. The summed E-state index contributed by atoms with van der Waals surface area (Å²) < 4.78 is 5.09. The van der Waals surface area contributed by atoms with E-state index in [1.807, 2.05) is 26.0 Å². The second-order valence-electron chi connectivity index (χ2n) is 7.20. The number of nitrogens with one attached hydrogen (secondary N) is 1. The van der Waals surface area contributed by atoms with Gasteiger partial charge in [0.1, 0.15) is 17.5 Å². The fourth-order valence-electron chi connectivity index (χ4n) is 3.36. The molecule has 0 spiro atoms. The number of amides is 1. The Morgan fingerprint density at radius 1 is 1.18 bits per heavy atom. The number of anilines is 3. The quantitative estimate of drug-likeness (QED) is 0.844. The van der Waals surface area contributed by atoms with E-state index in [4.69, 9.17) is 4.74 Å². The maximum Gasteiger partial charge on any atom is 0.409 e. The molecule has 7 nitrogen and oxygen atoms in total. The molecule has 1 fully saturated rings. The summed E-state index contributed by atoms with van der Waals surface area (Å²) in [4.78, 5) is 25.0. The van der Waals surface area contributed by atoms with Crippen molar-refractivity contribution in [1.29, 1.82) is 0 Å². The number of ether oxygens (including phenoxy) is 1. The lowest BCUT2D eigenvalue weighted by atomic mass is 10.0. The molecule has 28 heavy (non-hydrogen) atoms. The van der Waals surface area contributed by atoms with Crippen LogP contribution in [0.25, 0.3) is 0 Å². The number of benzene rings is 1. The highest BCUT2D eigenvalue weighted by molar-refractivity contribution is 5.68. The minimum absolute atomic E-state index is 0.242. The summed E-state index contributed by atoms with van der Waals surface area (Å²) in [6.45, 7) is 11.2. The Labute approximate surface area is 166 Å². The molecule has 1 aromatic carbocycles. The lowest BCUT2D eigenvalue weighted by Crippen LogP contribution is -2.49. The molecule has 0 saturated carbocycles. The van der Waals surface area contributed by atoms with Crippen LogP contribution in [0, 0.1) is 6.92 Å². The van der Waals surface area contributed by atoms with Crippen LogP contribution in [0.4, 0.5) is 22.1 Å². The van der Waals surface area contributed by atoms with Gasteiger partial charge in [-0.15, -0.1) is 0 Å². The fourth-order valence-corrected chi connectivity index (χ4v) is 3.36. The maximum atomic E-state index is 11.9. The topological polar surface area (TPSA) is 70.6 Å². The maximum absolute atomic E-state index is 11.9. The molecule has 0 atom stereocenters. The van der Waals surface area contributed by atoms with Gasteiger partial charge >= 0.3 is 6.09 Å². The third-order valence-electron chi connectivity index (χ3n) is 4.80. The predicted octanol–water partition coefficient (Wildman–Crippen LogP) is 3.93. The number of hydrogen-bond donors (Lipinski definition) is 1. The van der Waals surface area contributed by atoms with E-state index in [1.54, 1.807) is 4.90 Å². The number of aryl methyl sites for hydroxylation is 1. The Balaban J connectivity index is 1.74. The van der Waals surface area contributed by atoms with Gasteiger partial charge in [0.2, 0.25) is 0 Å². The highest BCUT2D eigenvalue weighted by Crippen LogP contribution is 2.27. The van der Waals surface area contributed by atoms with Gasteiger partial charge in [-0.05, 0) is 31.4 Å². The SMILES string of the molecule is CCOC(=O)N1CCN(c2cc(Nc3ccccc3C(C)C)nc(C)n2)CC1. The minimum atomic E-state index is -0.242. The normalized spacial score (nSPS) is 14.3. The average Bonchev–Trinajstić information content (AvgIpc) is 2.68. The third-order valence-corrected chi connectivity index (χ3v) is 4.80. The first-order valence-corrected chi connectivity index (χ1v) is 9.86. The van der Waals surface area contributed by atoms with Crippen LogP contribution in [0.5, 0.6) is 0 Å². The number of carbonyl (C=O) groups is 1. The number of carbonyl (C=O) groups excluding carboxylic acids is 1. The Morgan fingerprint density at radius 2 is 1.89 bits per heavy atom. The van der Waals surface area contributed by atoms with Crippen molar-refractivity contribution in [2.45, 2.75) is 33.6 Å². The van der Waals surface area contributed by atoms with Crippen LogP contribution in [-0.2, 0) is 4.74 Å². The first-order chi connectivity index (χ1) is 13.5. The van der Waals surface area contributed by atoms with E-state index in [-0.39, 0.29) is 6.09 Å². The van der Waals surface area contributed by atoms with Gasteiger partial charge in [0.05, 0.1) is 6.61 Å². The second kappa shape index (κ2) is 8.91. The van der Waals surface area contributed by atoms with Crippen LogP contribution in [0.3, 0.4) is 0 Å². The standard InChI is InChI=1S/C21H29N5O2/c1-5-28-21(27)26-12-10-25(11-13-26)20-14-19(22-16(4)23-20)24-18-9-7-6-8-17(18)15(2)3/h6-9,14-15H,5,10-13H2,1-4H3,(H,22,23,24). The summed E-state index contributed by atoms with van der Waals surface area (Å²) in [6, 6.07) is 10.3. The zero-order valence-electron chi connectivity index (χ0n) is 17.1. The van der Waals surface area contributed by atoms with Crippen molar-refractivity contribution in [2.24, 2.45) is 0 Å². The molecule has 1 amide bonds. The van der Waals surface area contributed by atoms with Gasteiger partial charge < -0.3 is 19.9 Å². The molecule has 1 aliphatic heterocycles. The summed E-state index contributed by atoms with van der Waals surface area (Å²) in [7, 11) is 0. The number of hydrogen-bond acceptors (Lipinski definition) is 6. The van der Waals surface area contributed by atoms with Gasteiger partial charge in [-0.1, -0.05) is 32.0 Å². The molecule has 3 rings (SSSR count). The number of rotatable bonds is 5. The van der Waals surface area contributed by atoms with E-state index in [0.29, 0.717) is 25.6 Å². The molecule has 0 aliphatic carbocycles. The summed E-state index contributed by atoms with van der Waals surface area (Å²) in [5, 5.41) is 3.46. The second-order valence-corrected chi connectivity index (χ2v) is 7.20. The molecule has 1 aromatic heterocycles. The van der Waals surface area contributed by atoms with Crippen molar-refractivity contribution in [3.8, 4) is 0 Å². The predicted molar refractivity (Wildman–Crippen MR) is 111 cm³/mol. The van der Waals surface area contributed by atoms with Crippen molar-refractivity contribution < 1.29 is 9.53 Å². The lowest BCUT2D eigenvalue weighted by molar-refractivity contribution is 0.105. The highest BCUT2D eigenvalue weighted by atomic mass is 16.6. The zero-order chi connectivity index (χ0) is 20.1. The van der Waals surface area contributed by atoms with Gasteiger partial charge in [0, 0.05) is 37.9 Å². The van der Waals surface area contributed by atoms with E-state index < -0.39 is 0 Å². The molecule has 7 heteroatoms. The number of piperazine rings is 1. The molecular formula is C21H29N5O2. The Kier molecular flexibility index (Phi) is 6.34. The van der Waals surface area contributed by atoms with E-state index in [1.165, 1.54) is 5.56 Å². The highest BCUT2D eigenvalue weighted by Gasteiger charge is 2.23. The van der Waals surface area contributed by atoms with Crippen molar-refractivity contribution in [2.75, 3.05) is 43.0 Å². The third kappa shape index (κ3) is 4.71. The first kappa shape index (κ1) is 19.9. The zero-order valence-corrected chi connectivity index (χ0v) is 17.1. The Bertz CT molecular complexity index is 816. The summed E-state index contributed by atoms with van der Waals surface area (Å²) in [6.07, 6.45) is -0.242. The van der Waals surface area contributed by atoms with Crippen molar-refractivity contribution in [1.82, 2.24) is 14.9 Å². The van der Waals surface area contributed by atoms with Crippen molar-refractivity contribution >= 4 is 23.4 Å². The van der Waals surface area contributed by atoms with Crippen LogP contribution in [-0.4, -0.2) is 53.7 Å². The molecule has 0 unspecified atom stereocenters. The average molecular weight is 383 g/mol. The molecule has 1 N–H and O–H groups in total. The Morgan fingerprint density at radius 3 is 2.57 bits per heavy atom. The summed E-state index contributed by atoms with van der Waals surface area (Å²) >= 11 is 0. The largest absolute Gasteiger partial charge is 0.450 e. The van der Waals surface area contributed by atoms with Crippen LogP contribution in [0.2, 0.25) is 0 Å². The summed E-state index contributed by atoms with van der Waals surface area (Å²) in [5.41, 5.74) is 2.32. The number of para-hydroxylation sites is 1. The van der Waals surface area contributed by atoms with Gasteiger partial charge in [-0.25, -0.2) is 14.8 Å². The van der Waals surface area contributed by atoms with Crippen LogP contribution in [0.1, 0.15) is 38.1 Å². The number of aromatic nitrogens is 2. The van der Waals surface area contributed by atoms with Gasteiger partial charge in [0.25, 0.3) is 0 Å². The van der Waals surface area contributed by atoms with Gasteiger partial charge in [-0.3, -0.25) is 0 Å². The van der Waals surface area contributed by atoms with E-state index >= 15 is 0 Å². The molecule has 2 heterocycles. The van der Waals surface area contributed by atoms with E-state index in [9.17, 15) is 4.79 Å².